The summed E-state index contributed by atoms with van der Waals surface area (Å²) in [6.45, 7) is 1.72. The molecule has 0 aromatic heterocycles. The fourth-order valence-electron chi connectivity index (χ4n) is 3.32. The van der Waals surface area contributed by atoms with Gasteiger partial charge in [0.2, 0.25) is 5.91 Å². The lowest BCUT2D eigenvalue weighted by Crippen LogP contribution is -2.43. The highest BCUT2D eigenvalue weighted by Gasteiger charge is 2.55. The Labute approximate surface area is 166 Å². The fourth-order valence-corrected chi connectivity index (χ4v) is 3.32. The number of carbonyl (C=O) groups is 3. The maximum Gasteiger partial charge on any atom is 0.263 e. The summed E-state index contributed by atoms with van der Waals surface area (Å²) in [5.41, 5.74) is 2.08. The smallest absolute Gasteiger partial charge is 0.263 e. The van der Waals surface area contributed by atoms with E-state index >= 15 is 0 Å². The van der Waals surface area contributed by atoms with Crippen molar-refractivity contribution in [2.75, 3.05) is 23.9 Å². The van der Waals surface area contributed by atoms with Gasteiger partial charge < -0.3 is 10.1 Å². The van der Waals surface area contributed by atoms with E-state index in [1.165, 1.54) is 5.01 Å². The normalized spacial score (nSPS) is 20.2. The van der Waals surface area contributed by atoms with Crippen molar-refractivity contribution in [3.8, 4) is 5.75 Å². The second kappa shape index (κ2) is 7.34. The minimum Gasteiger partial charge on any atom is -0.497 e. The first kappa shape index (κ1) is 18.6. The molecule has 2 aromatic carbocycles. The van der Waals surface area contributed by atoms with Gasteiger partial charge in [-0.05, 0) is 43.3 Å². The summed E-state index contributed by atoms with van der Waals surface area (Å²) in [6, 6.07) is 12.1. The van der Waals surface area contributed by atoms with Crippen molar-refractivity contribution in [1.29, 1.82) is 0 Å². The average Bonchev–Trinajstić information content (AvgIpc) is 3.23. The Morgan fingerprint density at radius 3 is 2.41 bits per heavy atom. The molecule has 0 radical (unpaired) electrons. The third kappa shape index (κ3) is 3.42. The van der Waals surface area contributed by atoms with Crippen LogP contribution in [0.15, 0.2) is 58.9 Å². The molecule has 9 nitrogen and oxygen atoms in total. The first-order valence-electron chi connectivity index (χ1n) is 9.04. The number of benzene rings is 2. The molecular weight excluding hydrogens is 374 g/mol. The van der Waals surface area contributed by atoms with Crippen molar-refractivity contribution >= 4 is 29.1 Å². The number of methoxy groups -OCH3 is 1. The van der Waals surface area contributed by atoms with Crippen LogP contribution in [0.3, 0.4) is 0 Å². The minimum absolute atomic E-state index is 0.197. The van der Waals surface area contributed by atoms with Crippen LogP contribution in [-0.2, 0) is 14.4 Å². The summed E-state index contributed by atoms with van der Waals surface area (Å²) >= 11 is 0. The number of carbonyl (C=O) groups excluding carboxylic acids is 3. The van der Waals surface area contributed by atoms with Crippen LogP contribution in [0, 0.1) is 6.92 Å². The molecule has 2 aliphatic heterocycles. The Hall–Kier alpha value is -3.75. The van der Waals surface area contributed by atoms with Crippen LogP contribution in [-0.4, -0.2) is 48.5 Å². The van der Waals surface area contributed by atoms with E-state index in [0.717, 1.165) is 10.5 Å². The highest BCUT2D eigenvalue weighted by atomic mass is 16.5. The standard InChI is InChI=1S/C20H19N5O4/c1-12-3-7-14(8-4-12)25-19(27)17-18(20(25)28)24(23-22-17)11-16(26)21-13-5-9-15(29-2)10-6-13/h3-10,17-18H,11H2,1-2H3,(H,21,26)/t17-,18+/m0/s1. The van der Waals surface area contributed by atoms with E-state index in [-0.39, 0.29) is 12.5 Å². The van der Waals surface area contributed by atoms with Gasteiger partial charge in [0.1, 0.15) is 12.3 Å². The molecule has 0 bridgehead atoms. The highest BCUT2D eigenvalue weighted by Crippen LogP contribution is 2.31. The van der Waals surface area contributed by atoms with Crippen molar-refractivity contribution in [2.45, 2.75) is 19.0 Å². The van der Waals surface area contributed by atoms with Gasteiger partial charge in [-0.25, -0.2) is 4.90 Å². The Morgan fingerprint density at radius 2 is 1.76 bits per heavy atom. The van der Waals surface area contributed by atoms with E-state index in [0.29, 0.717) is 17.1 Å². The number of amides is 3. The fraction of sp³-hybridized carbons (Fsp3) is 0.250. The van der Waals surface area contributed by atoms with E-state index in [2.05, 4.69) is 15.7 Å². The largest absolute Gasteiger partial charge is 0.497 e. The minimum atomic E-state index is -0.933. The zero-order chi connectivity index (χ0) is 20.5. The lowest BCUT2D eigenvalue weighted by atomic mass is 10.1. The molecule has 148 valence electrons. The second-order valence-electron chi connectivity index (χ2n) is 6.82. The summed E-state index contributed by atoms with van der Waals surface area (Å²) < 4.78 is 5.08. The number of hydrogen-bond donors (Lipinski definition) is 1. The predicted molar refractivity (Wildman–Crippen MR) is 104 cm³/mol. The molecule has 2 aromatic rings. The lowest BCUT2D eigenvalue weighted by molar-refractivity contribution is -0.123. The number of anilines is 2. The van der Waals surface area contributed by atoms with E-state index in [1.54, 1.807) is 43.5 Å². The van der Waals surface area contributed by atoms with Crippen LogP contribution in [0.2, 0.25) is 0 Å². The molecule has 0 saturated carbocycles. The molecule has 1 saturated heterocycles. The number of rotatable bonds is 5. The van der Waals surface area contributed by atoms with Crippen LogP contribution >= 0.6 is 0 Å². The van der Waals surface area contributed by atoms with E-state index in [4.69, 9.17) is 4.74 Å². The number of fused-ring (bicyclic) bond motifs is 1. The lowest BCUT2D eigenvalue weighted by Gasteiger charge is -2.20. The Bertz CT molecular complexity index is 987. The number of nitrogens with one attached hydrogen (secondary N) is 1. The van der Waals surface area contributed by atoms with Gasteiger partial charge in [-0.2, -0.15) is 5.11 Å². The predicted octanol–water partition coefficient (Wildman–Crippen LogP) is 1.94. The summed E-state index contributed by atoms with van der Waals surface area (Å²) in [5.74, 6) is -0.578. The number of hydrogen-bond acceptors (Lipinski definition) is 7. The van der Waals surface area contributed by atoms with Gasteiger partial charge in [0, 0.05) is 5.69 Å². The summed E-state index contributed by atoms with van der Waals surface area (Å²) in [7, 11) is 1.56. The molecule has 1 fully saturated rings. The van der Waals surface area contributed by atoms with Gasteiger partial charge in [-0.3, -0.25) is 19.4 Å². The molecule has 2 heterocycles. The van der Waals surface area contributed by atoms with Crippen LogP contribution in [0.1, 0.15) is 5.56 Å². The van der Waals surface area contributed by atoms with Crippen molar-refractivity contribution in [2.24, 2.45) is 10.3 Å². The molecule has 3 amide bonds. The van der Waals surface area contributed by atoms with Gasteiger partial charge in [0.05, 0.1) is 12.8 Å². The maximum atomic E-state index is 12.9. The number of ether oxygens (including phenoxy) is 1. The summed E-state index contributed by atoms with van der Waals surface area (Å²) in [4.78, 5) is 39.1. The van der Waals surface area contributed by atoms with Crippen molar-refractivity contribution < 1.29 is 19.1 Å². The third-order valence-electron chi connectivity index (χ3n) is 4.83. The van der Waals surface area contributed by atoms with Gasteiger partial charge in [0.25, 0.3) is 11.8 Å². The number of aryl methyl sites for hydroxylation is 1. The van der Waals surface area contributed by atoms with Crippen molar-refractivity contribution in [3.05, 3.63) is 54.1 Å². The molecule has 0 aliphatic carbocycles. The van der Waals surface area contributed by atoms with E-state index < -0.39 is 23.9 Å². The van der Waals surface area contributed by atoms with Gasteiger partial charge in [-0.1, -0.05) is 22.9 Å². The number of imide groups is 1. The summed E-state index contributed by atoms with van der Waals surface area (Å²) in [6.07, 6.45) is 0. The molecule has 2 atom stereocenters. The van der Waals surface area contributed by atoms with Crippen LogP contribution < -0.4 is 15.0 Å². The molecule has 4 rings (SSSR count). The van der Waals surface area contributed by atoms with Gasteiger partial charge in [-0.15, -0.1) is 0 Å². The van der Waals surface area contributed by atoms with Crippen molar-refractivity contribution in [1.82, 2.24) is 5.01 Å². The Morgan fingerprint density at radius 1 is 1.07 bits per heavy atom. The van der Waals surface area contributed by atoms with Crippen LogP contribution in [0.5, 0.6) is 5.75 Å². The van der Waals surface area contributed by atoms with Gasteiger partial charge in [0.15, 0.2) is 12.1 Å². The quantitative estimate of drug-likeness (QED) is 0.782. The van der Waals surface area contributed by atoms with Gasteiger partial charge >= 0.3 is 0 Å². The number of nitrogens with zero attached hydrogens (tertiary/aromatic N) is 4. The topological polar surface area (TPSA) is 104 Å². The zero-order valence-electron chi connectivity index (χ0n) is 15.9. The Kier molecular flexibility index (Phi) is 4.71. The molecule has 29 heavy (non-hydrogen) atoms. The van der Waals surface area contributed by atoms with Crippen LogP contribution in [0.25, 0.3) is 0 Å². The first-order chi connectivity index (χ1) is 14.0. The molecular formula is C20H19N5O4. The third-order valence-corrected chi connectivity index (χ3v) is 4.83. The molecule has 9 heteroatoms. The van der Waals surface area contributed by atoms with Crippen LogP contribution in [0.4, 0.5) is 11.4 Å². The van der Waals surface area contributed by atoms with E-state index in [9.17, 15) is 14.4 Å². The maximum absolute atomic E-state index is 12.9. The second-order valence-corrected chi connectivity index (χ2v) is 6.82. The van der Waals surface area contributed by atoms with Crippen molar-refractivity contribution in [3.63, 3.8) is 0 Å². The summed E-state index contributed by atoms with van der Waals surface area (Å²) in [5, 5.41) is 11.8. The highest BCUT2D eigenvalue weighted by molar-refractivity contribution is 6.25. The van der Waals surface area contributed by atoms with E-state index in [1.807, 2.05) is 19.1 Å². The SMILES string of the molecule is COc1ccc(NC(=O)CN2N=N[C@@H]3C(=O)N(c4ccc(C)cc4)C(=O)[C@@H]32)cc1. The average molecular weight is 393 g/mol. The molecule has 1 N–H and O–H groups in total. The molecule has 2 aliphatic rings. The Balaban J connectivity index is 1.45. The monoisotopic (exact) mass is 393 g/mol. The molecule has 0 unspecified atom stereocenters. The zero-order valence-corrected chi connectivity index (χ0v) is 15.9. The first-order valence-corrected chi connectivity index (χ1v) is 9.04. The molecule has 0 spiro atoms.